The number of carbonyl (C=O) groups is 2. The molecule has 2 saturated heterocycles. The molecule has 0 radical (unpaired) electrons. The average Bonchev–Trinajstić information content (AvgIpc) is 2.25. The third-order valence-electron chi connectivity index (χ3n) is 2.87. The lowest BCUT2D eigenvalue weighted by atomic mass is 9.81. The fourth-order valence-electron chi connectivity index (χ4n) is 2.14. The van der Waals surface area contributed by atoms with Crippen molar-refractivity contribution in [2.24, 2.45) is 5.41 Å². The molecule has 2 fully saturated rings. The van der Waals surface area contributed by atoms with Crippen LogP contribution in [0, 0.1) is 5.41 Å². The first-order chi connectivity index (χ1) is 5.64. The number of carbonyl (C=O) groups excluding carboxylic acids is 1. The highest BCUT2D eigenvalue weighted by molar-refractivity contribution is 5.89. The molecule has 2 aliphatic heterocycles. The first-order valence-corrected chi connectivity index (χ1v) is 4.15. The topological polar surface area (TPSA) is 57.6 Å². The first-order valence-electron chi connectivity index (χ1n) is 4.15. The number of hydrogen-bond donors (Lipinski definition) is 1. The minimum Gasteiger partial charge on any atom is -0.481 e. The molecule has 0 aromatic rings. The maximum atomic E-state index is 11.2. The predicted molar refractivity (Wildman–Crippen MR) is 40.5 cm³/mol. The van der Waals surface area contributed by atoms with Gasteiger partial charge in [0.2, 0.25) is 5.91 Å². The van der Waals surface area contributed by atoms with Crippen molar-refractivity contribution in [3.8, 4) is 0 Å². The molecule has 2 aliphatic rings. The Morgan fingerprint density at radius 1 is 1.58 bits per heavy atom. The molecule has 0 saturated carbocycles. The Morgan fingerprint density at radius 3 is 2.92 bits per heavy atom. The SMILES string of the molecule is O=C1CC2(C(=O)O)CCCN1C2. The largest absolute Gasteiger partial charge is 0.481 e. The Hall–Kier alpha value is -1.06. The van der Waals surface area contributed by atoms with E-state index >= 15 is 0 Å². The van der Waals surface area contributed by atoms with E-state index in [1.54, 1.807) is 4.90 Å². The summed E-state index contributed by atoms with van der Waals surface area (Å²) < 4.78 is 0. The van der Waals surface area contributed by atoms with Gasteiger partial charge in [-0.1, -0.05) is 0 Å². The molecule has 0 aromatic carbocycles. The Balaban J connectivity index is 2.29. The van der Waals surface area contributed by atoms with Crippen LogP contribution in [-0.2, 0) is 9.59 Å². The van der Waals surface area contributed by atoms with Gasteiger partial charge in [0.15, 0.2) is 0 Å². The van der Waals surface area contributed by atoms with Crippen LogP contribution in [-0.4, -0.2) is 35.0 Å². The van der Waals surface area contributed by atoms with Gasteiger partial charge in [-0.05, 0) is 12.8 Å². The zero-order valence-electron chi connectivity index (χ0n) is 6.75. The van der Waals surface area contributed by atoms with Gasteiger partial charge in [0.05, 0.1) is 5.41 Å². The van der Waals surface area contributed by atoms with E-state index in [9.17, 15) is 9.59 Å². The maximum Gasteiger partial charge on any atom is 0.311 e. The molecule has 1 atom stereocenters. The summed E-state index contributed by atoms with van der Waals surface area (Å²) in [5, 5.41) is 8.95. The van der Waals surface area contributed by atoms with Crippen LogP contribution in [0.25, 0.3) is 0 Å². The number of piperidine rings is 1. The van der Waals surface area contributed by atoms with Gasteiger partial charge >= 0.3 is 5.97 Å². The normalized spacial score (nSPS) is 34.0. The van der Waals surface area contributed by atoms with Gasteiger partial charge in [-0.2, -0.15) is 0 Å². The molecule has 2 rings (SSSR count). The second-order valence-corrected chi connectivity index (χ2v) is 3.68. The third kappa shape index (κ3) is 0.838. The molecule has 66 valence electrons. The van der Waals surface area contributed by atoms with Crippen LogP contribution in [0.4, 0.5) is 0 Å². The van der Waals surface area contributed by atoms with Crippen LogP contribution in [0.1, 0.15) is 19.3 Å². The van der Waals surface area contributed by atoms with Crippen molar-refractivity contribution in [3.05, 3.63) is 0 Å². The smallest absolute Gasteiger partial charge is 0.311 e. The lowest BCUT2D eigenvalue weighted by Crippen LogP contribution is -2.39. The van der Waals surface area contributed by atoms with E-state index in [2.05, 4.69) is 0 Å². The number of aliphatic carboxylic acids is 1. The summed E-state index contributed by atoms with van der Waals surface area (Å²) >= 11 is 0. The van der Waals surface area contributed by atoms with Crippen molar-refractivity contribution >= 4 is 11.9 Å². The summed E-state index contributed by atoms with van der Waals surface area (Å²) in [6.07, 6.45) is 1.70. The van der Waals surface area contributed by atoms with Crippen LogP contribution in [0.2, 0.25) is 0 Å². The van der Waals surface area contributed by atoms with Crippen molar-refractivity contribution in [2.75, 3.05) is 13.1 Å². The van der Waals surface area contributed by atoms with Crippen molar-refractivity contribution in [3.63, 3.8) is 0 Å². The Bertz CT molecular complexity index is 249. The number of carboxylic acids is 1. The standard InChI is InChI=1S/C8H11NO3/c10-6-4-8(7(11)12)2-1-3-9(6)5-8/h1-5H2,(H,11,12). The van der Waals surface area contributed by atoms with Crippen molar-refractivity contribution < 1.29 is 14.7 Å². The van der Waals surface area contributed by atoms with Crippen LogP contribution in [0.3, 0.4) is 0 Å². The number of fused-ring (bicyclic) bond motifs is 2. The van der Waals surface area contributed by atoms with Crippen molar-refractivity contribution in [1.29, 1.82) is 0 Å². The van der Waals surface area contributed by atoms with Gasteiger partial charge in [-0.15, -0.1) is 0 Å². The number of carboxylic acid groups (broad SMARTS) is 1. The zero-order valence-corrected chi connectivity index (χ0v) is 6.75. The number of rotatable bonds is 1. The molecule has 0 aliphatic carbocycles. The fraction of sp³-hybridized carbons (Fsp3) is 0.750. The maximum absolute atomic E-state index is 11.2. The van der Waals surface area contributed by atoms with E-state index in [1.165, 1.54) is 0 Å². The van der Waals surface area contributed by atoms with Gasteiger partial charge in [0, 0.05) is 19.5 Å². The summed E-state index contributed by atoms with van der Waals surface area (Å²) in [6, 6.07) is 0. The third-order valence-corrected chi connectivity index (χ3v) is 2.87. The molecule has 2 heterocycles. The second-order valence-electron chi connectivity index (χ2n) is 3.68. The van der Waals surface area contributed by atoms with Crippen LogP contribution in [0.15, 0.2) is 0 Å². The monoisotopic (exact) mass is 169 g/mol. The average molecular weight is 169 g/mol. The first kappa shape index (κ1) is 7.58. The molecule has 0 aromatic heterocycles. The highest BCUT2D eigenvalue weighted by Gasteiger charge is 2.50. The lowest BCUT2D eigenvalue weighted by Gasteiger charge is -2.29. The highest BCUT2D eigenvalue weighted by Crippen LogP contribution is 2.39. The summed E-state index contributed by atoms with van der Waals surface area (Å²) in [7, 11) is 0. The number of nitrogens with zero attached hydrogens (tertiary/aromatic N) is 1. The summed E-state index contributed by atoms with van der Waals surface area (Å²) in [6.45, 7) is 1.18. The predicted octanol–water partition coefficient (Wildman–Crippen LogP) is 0.0835. The van der Waals surface area contributed by atoms with Crippen LogP contribution < -0.4 is 0 Å². The number of hydrogen-bond acceptors (Lipinski definition) is 2. The summed E-state index contributed by atoms with van der Waals surface area (Å²) in [4.78, 5) is 23.8. The van der Waals surface area contributed by atoms with E-state index in [0.29, 0.717) is 13.0 Å². The van der Waals surface area contributed by atoms with Crippen molar-refractivity contribution in [1.82, 2.24) is 4.90 Å². The van der Waals surface area contributed by atoms with E-state index < -0.39 is 11.4 Å². The zero-order chi connectivity index (χ0) is 8.77. The molecular formula is C8H11NO3. The Kier molecular flexibility index (Phi) is 1.40. The molecule has 1 unspecified atom stereocenters. The highest BCUT2D eigenvalue weighted by atomic mass is 16.4. The van der Waals surface area contributed by atoms with E-state index in [-0.39, 0.29) is 12.3 Å². The molecular weight excluding hydrogens is 158 g/mol. The van der Waals surface area contributed by atoms with E-state index in [1.807, 2.05) is 0 Å². The quantitative estimate of drug-likeness (QED) is 0.605. The van der Waals surface area contributed by atoms with Gasteiger partial charge in [-0.25, -0.2) is 0 Å². The van der Waals surface area contributed by atoms with Crippen LogP contribution in [0.5, 0.6) is 0 Å². The molecule has 4 heteroatoms. The van der Waals surface area contributed by atoms with Gasteiger partial charge in [0.25, 0.3) is 0 Å². The summed E-state index contributed by atoms with van der Waals surface area (Å²) in [5.74, 6) is -0.798. The molecule has 12 heavy (non-hydrogen) atoms. The fourth-order valence-corrected chi connectivity index (χ4v) is 2.14. The minimum absolute atomic E-state index is 0.00917. The van der Waals surface area contributed by atoms with Gasteiger partial charge in [-0.3, -0.25) is 9.59 Å². The van der Waals surface area contributed by atoms with Crippen molar-refractivity contribution in [2.45, 2.75) is 19.3 Å². The molecule has 1 N–H and O–H groups in total. The molecule has 2 bridgehead atoms. The second kappa shape index (κ2) is 2.21. The van der Waals surface area contributed by atoms with E-state index in [4.69, 9.17) is 5.11 Å². The van der Waals surface area contributed by atoms with Gasteiger partial charge in [0.1, 0.15) is 0 Å². The summed E-state index contributed by atoms with van der Waals surface area (Å²) in [5.41, 5.74) is -0.741. The van der Waals surface area contributed by atoms with E-state index in [0.717, 1.165) is 13.0 Å². The molecule has 0 spiro atoms. The Morgan fingerprint density at radius 2 is 2.33 bits per heavy atom. The number of amides is 1. The Labute approximate surface area is 70.2 Å². The van der Waals surface area contributed by atoms with Gasteiger partial charge < -0.3 is 10.0 Å². The minimum atomic E-state index is -0.807. The van der Waals surface area contributed by atoms with Crippen LogP contribution >= 0.6 is 0 Å². The molecule has 1 amide bonds. The molecule has 4 nitrogen and oxygen atoms in total. The lowest BCUT2D eigenvalue weighted by molar-refractivity contribution is -0.149.